The van der Waals surface area contributed by atoms with Crippen LogP contribution in [0.5, 0.6) is 0 Å². The van der Waals surface area contributed by atoms with Crippen molar-refractivity contribution in [3.63, 3.8) is 0 Å². The van der Waals surface area contributed by atoms with E-state index in [1.165, 1.54) is 0 Å². The number of piperidine rings is 1. The van der Waals surface area contributed by atoms with Crippen molar-refractivity contribution in [3.8, 4) is 0 Å². The zero-order valence-electron chi connectivity index (χ0n) is 12.1. The number of aliphatic hydroxyl groups is 1. The molecule has 1 aliphatic rings. The number of β-amino-alcohol motifs (C(OH)–C–C–N with tert-alkyl or cyclic N) is 1. The van der Waals surface area contributed by atoms with Gasteiger partial charge in [-0.15, -0.1) is 10.2 Å². The van der Waals surface area contributed by atoms with Gasteiger partial charge >= 0.3 is 0 Å². The van der Waals surface area contributed by atoms with Crippen molar-refractivity contribution in [2.45, 2.75) is 25.5 Å². The third-order valence-electron chi connectivity index (χ3n) is 3.92. The van der Waals surface area contributed by atoms with Crippen molar-refractivity contribution in [1.82, 2.24) is 24.9 Å². The van der Waals surface area contributed by atoms with Gasteiger partial charge in [0.15, 0.2) is 11.0 Å². The average Bonchev–Trinajstić information content (AvgIpc) is 2.84. The Balaban J connectivity index is 1.86. The molecule has 0 saturated carbocycles. The van der Waals surface area contributed by atoms with Crippen molar-refractivity contribution >= 4 is 28.3 Å². The molecule has 21 heavy (non-hydrogen) atoms. The fourth-order valence-electron chi connectivity index (χ4n) is 2.88. The maximum atomic E-state index is 9.97. The molecular formula is C13H19ClN6O. The van der Waals surface area contributed by atoms with Gasteiger partial charge in [-0.3, -0.25) is 9.58 Å². The molecule has 0 aliphatic carbocycles. The van der Waals surface area contributed by atoms with Crippen molar-refractivity contribution in [1.29, 1.82) is 0 Å². The van der Waals surface area contributed by atoms with Gasteiger partial charge < -0.3 is 10.4 Å². The Hall–Kier alpha value is -1.44. The lowest BCUT2D eigenvalue weighted by Crippen LogP contribution is -2.48. The van der Waals surface area contributed by atoms with Gasteiger partial charge in [0.25, 0.3) is 0 Å². The van der Waals surface area contributed by atoms with E-state index in [0.29, 0.717) is 17.4 Å². The van der Waals surface area contributed by atoms with Crippen molar-refractivity contribution in [2.75, 3.05) is 25.0 Å². The number of aromatic nitrogens is 4. The summed E-state index contributed by atoms with van der Waals surface area (Å²) in [6.07, 6.45) is 2.11. The molecule has 3 heterocycles. The molecule has 1 saturated heterocycles. The predicted octanol–water partition coefficient (Wildman–Crippen LogP) is 0.884. The highest BCUT2D eigenvalue weighted by atomic mass is 35.5. The van der Waals surface area contributed by atoms with E-state index < -0.39 is 0 Å². The molecule has 0 aromatic carbocycles. The average molecular weight is 311 g/mol. The van der Waals surface area contributed by atoms with Crippen LogP contribution in [0.2, 0.25) is 5.15 Å². The van der Waals surface area contributed by atoms with Gasteiger partial charge in [0, 0.05) is 26.2 Å². The lowest BCUT2D eigenvalue weighted by Gasteiger charge is -2.35. The van der Waals surface area contributed by atoms with Crippen LogP contribution in [-0.2, 0) is 7.05 Å². The number of likely N-dealkylation sites (N-methyl/N-ethyl adjacent to an activating group) is 1. The van der Waals surface area contributed by atoms with E-state index in [1.54, 1.807) is 10.9 Å². The number of anilines is 1. The molecule has 8 heteroatoms. The topological polar surface area (TPSA) is 79.1 Å². The van der Waals surface area contributed by atoms with Gasteiger partial charge in [0.1, 0.15) is 5.52 Å². The Labute approximate surface area is 127 Å². The molecule has 1 aliphatic heterocycles. The number of hydrogen-bond donors (Lipinski definition) is 2. The Bertz CT molecular complexity index is 645. The quantitative estimate of drug-likeness (QED) is 0.876. The minimum Gasteiger partial charge on any atom is -0.392 e. The minimum absolute atomic E-state index is 0.132. The summed E-state index contributed by atoms with van der Waals surface area (Å²) >= 11 is 6.08. The van der Waals surface area contributed by atoms with Gasteiger partial charge in [-0.25, -0.2) is 0 Å². The second-order valence-corrected chi connectivity index (χ2v) is 5.81. The van der Waals surface area contributed by atoms with E-state index >= 15 is 0 Å². The number of nitrogens with zero attached hydrogens (tertiary/aromatic N) is 5. The van der Waals surface area contributed by atoms with Crippen LogP contribution in [0.25, 0.3) is 10.9 Å². The van der Waals surface area contributed by atoms with E-state index in [0.717, 1.165) is 30.5 Å². The summed E-state index contributed by atoms with van der Waals surface area (Å²) in [5.41, 5.74) is 0.762. The number of hydrogen-bond acceptors (Lipinski definition) is 6. The summed E-state index contributed by atoms with van der Waals surface area (Å²) in [5.74, 6) is 0.664. The Morgan fingerprint density at radius 3 is 3.00 bits per heavy atom. The van der Waals surface area contributed by atoms with Gasteiger partial charge in [-0.1, -0.05) is 18.5 Å². The van der Waals surface area contributed by atoms with E-state index in [4.69, 9.17) is 11.6 Å². The van der Waals surface area contributed by atoms with Crippen molar-refractivity contribution in [2.24, 2.45) is 7.05 Å². The van der Waals surface area contributed by atoms with Crippen molar-refractivity contribution < 1.29 is 5.11 Å². The lowest BCUT2D eigenvalue weighted by atomic mass is 10.0. The molecule has 0 bridgehead atoms. The second kappa shape index (κ2) is 5.75. The number of rotatable bonds is 3. The molecule has 0 radical (unpaired) electrons. The molecule has 2 N–H and O–H groups in total. The van der Waals surface area contributed by atoms with E-state index in [1.807, 2.05) is 7.05 Å². The number of fused-ring (bicyclic) bond motifs is 1. The van der Waals surface area contributed by atoms with E-state index in [-0.39, 0.29) is 12.1 Å². The standard InChI is InChI=1S/C13H19ClN6O/c1-3-20-6-8(4-9(21)7-20)16-13-10-5-15-19(2)11(10)12(14)17-18-13/h5,8-9,21H,3-4,6-7H2,1-2H3,(H,16,18)/t8-,9+/m1/s1. The molecule has 2 aromatic heterocycles. The number of aryl methyl sites for hydroxylation is 1. The van der Waals surface area contributed by atoms with Gasteiger partial charge in [0.2, 0.25) is 0 Å². The molecule has 7 nitrogen and oxygen atoms in total. The zero-order chi connectivity index (χ0) is 15.0. The van der Waals surface area contributed by atoms with Gasteiger partial charge in [-0.05, 0) is 13.0 Å². The van der Waals surface area contributed by atoms with Gasteiger partial charge in [-0.2, -0.15) is 5.10 Å². The largest absolute Gasteiger partial charge is 0.392 e. The van der Waals surface area contributed by atoms with Crippen LogP contribution in [-0.4, -0.2) is 61.8 Å². The molecule has 0 spiro atoms. The fraction of sp³-hybridized carbons (Fsp3) is 0.615. The third-order valence-corrected chi connectivity index (χ3v) is 4.17. The van der Waals surface area contributed by atoms with Gasteiger partial charge in [0.05, 0.1) is 17.7 Å². The Morgan fingerprint density at radius 1 is 1.43 bits per heavy atom. The highest BCUT2D eigenvalue weighted by Crippen LogP contribution is 2.26. The normalized spacial score (nSPS) is 23.6. The molecule has 0 amide bonds. The van der Waals surface area contributed by atoms with E-state index in [9.17, 15) is 5.11 Å². The zero-order valence-corrected chi connectivity index (χ0v) is 12.9. The molecule has 2 aromatic rings. The highest BCUT2D eigenvalue weighted by molar-refractivity contribution is 6.34. The Kier molecular flexibility index (Phi) is 3.97. The molecule has 0 unspecified atom stereocenters. The maximum absolute atomic E-state index is 9.97. The van der Waals surface area contributed by atoms with E-state index in [2.05, 4.69) is 32.4 Å². The van der Waals surface area contributed by atoms with Crippen LogP contribution < -0.4 is 5.32 Å². The van der Waals surface area contributed by atoms with Crippen LogP contribution in [0, 0.1) is 0 Å². The SMILES string of the molecule is CCN1C[C@@H](O)C[C@@H](Nc2nnc(Cl)c3c2cnn3C)C1. The fourth-order valence-corrected chi connectivity index (χ4v) is 3.14. The highest BCUT2D eigenvalue weighted by Gasteiger charge is 2.26. The number of nitrogens with one attached hydrogen (secondary N) is 1. The minimum atomic E-state index is -0.319. The summed E-state index contributed by atoms with van der Waals surface area (Å²) in [5, 5.41) is 26.9. The first kappa shape index (κ1) is 14.5. The van der Waals surface area contributed by atoms with Crippen LogP contribution in [0.1, 0.15) is 13.3 Å². The second-order valence-electron chi connectivity index (χ2n) is 5.45. The molecule has 3 rings (SSSR count). The predicted molar refractivity (Wildman–Crippen MR) is 81.5 cm³/mol. The summed E-state index contributed by atoms with van der Waals surface area (Å²) in [4.78, 5) is 2.22. The number of likely N-dealkylation sites (tertiary alicyclic amines) is 1. The lowest BCUT2D eigenvalue weighted by molar-refractivity contribution is 0.0671. The first-order chi connectivity index (χ1) is 10.1. The Morgan fingerprint density at radius 2 is 2.24 bits per heavy atom. The molecule has 114 valence electrons. The summed E-state index contributed by atoms with van der Waals surface area (Å²) < 4.78 is 1.69. The molecule has 2 atom stereocenters. The van der Waals surface area contributed by atoms with Crippen molar-refractivity contribution in [3.05, 3.63) is 11.3 Å². The summed E-state index contributed by atoms with van der Waals surface area (Å²) in [7, 11) is 1.82. The van der Waals surface area contributed by atoms with Crippen LogP contribution in [0.15, 0.2) is 6.20 Å². The maximum Gasteiger partial charge on any atom is 0.177 e. The van der Waals surface area contributed by atoms with Crippen LogP contribution in [0.3, 0.4) is 0 Å². The molecular weight excluding hydrogens is 292 g/mol. The summed E-state index contributed by atoms with van der Waals surface area (Å²) in [6.45, 7) is 4.61. The first-order valence-corrected chi connectivity index (χ1v) is 7.47. The van der Waals surface area contributed by atoms with Crippen LogP contribution in [0.4, 0.5) is 5.82 Å². The monoisotopic (exact) mass is 310 g/mol. The number of halogens is 1. The number of aliphatic hydroxyl groups excluding tert-OH is 1. The summed E-state index contributed by atoms with van der Waals surface area (Å²) in [6, 6.07) is 0.132. The third kappa shape index (κ3) is 2.81. The first-order valence-electron chi connectivity index (χ1n) is 7.09. The smallest absolute Gasteiger partial charge is 0.177 e. The van der Waals surface area contributed by atoms with Crippen LogP contribution >= 0.6 is 11.6 Å². The molecule has 1 fully saturated rings.